The Bertz CT molecular complexity index is 1450. The van der Waals surface area contributed by atoms with Gasteiger partial charge in [0.15, 0.2) is 11.5 Å². The molecule has 1 aliphatic rings. The number of nitrogens with one attached hydrogen (secondary N) is 1. The second-order valence-electron chi connectivity index (χ2n) is 7.41. The third-order valence-electron chi connectivity index (χ3n) is 5.16. The smallest absolute Gasteiger partial charge is 0.234 e. The Balaban J connectivity index is 1.56. The molecule has 2 heterocycles. The van der Waals surface area contributed by atoms with Gasteiger partial charge in [-0.1, -0.05) is 41.4 Å². The Morgan fingerprint density at radius 3 is 2.41 bits per heavy atom. The first-order valence-corrected chi connectivity index (χ1v) is 12.5. The van der Waals surface area contributed by atoms with Gasteiger partial charge in [-0.2, -0.15) is 4.98 Å². The van der Waals surface area contributed by atoms with Crippen LogP contribution in [0.25, 0.3) is 11.5 Å². The van der Waals surface area contributed by atoms with E-state index in [4.69, 9.17) is 37.1 Å². The summed E-state index contributed by atoms with van der Waals surface area (Å²) in [4.78, 5) is 4.35. The molecule has 5 rings (SSSR count). The van der Waals surface area contributed by atoms with E-state index < -0.39 is 9.84 Å². The fourth-order valence-corrected chi connectivity index (χ4v) is 5.06. The summed E-state index contributed by atoms with van der Waals surface area (Å²) in [5.74, 6) is 0.984. The van der Waals surface area contributed by atoms with E-state index in [9.17, 15) is 8.42 Å². The van der Waals surface area contributed by atoms with Crippen LogP contribution in [-0.2, 0) is 16.4 Å². The van der Waals surface area contributed by atoms with Gasteiger partial charge in [-0.25, -0.2) is 8.42 Å². The highest BCUT2D eigenvalue weighted by molar-refractivity contribution is 7.91. The number of aromatic nitrogens is 1. The minimum absolute atomic E-state index is 0.000223. The SMILES string of the molecule is O=S(=O)(c1ccc2c(c1)OCCO2)c1nc(-c2ccc(Cl)cc2)oc1NCc1ccccc1Cl. The van der Waals surface area contributed by atoms with Crippen LogP contribution in [0.5, 0.6) is 11.5 Å². The quantitative estimate of drug-likeness (QED) is 0.342. The van der Waals surface area contributed by atoms with Crippen molar-refractivity contribution in [3.8, 4) is 23.0 Å². The maximum Gasteiger partial charge on any atom is 0.234 e. The van der Waals surface area contributed by atoms with Gasteiger partial charge in [-0.15, -0.1) is 0 Å². The van der Waals surface area contributed by atoms with E-state index >= 15 is 0 Å². The maximum atomic E-state index is 13.6. The highest BCUT2D eigenvalue weighted by atomic mass is 35.5. The fourth-order valence-electron chi connectivity index (χ4n) is 3.44. The van der Waals surface area contributed by atoms with Crippen molar-refractivity contribution in [2.75, 3.05) is 18.5 Å². The van der Waals surface area contributed by atoms with Crippen molar-refractivity contribution in [2.24, 2.45) is 0 Å². The van der Waals surface area contributed by atoms with Crippen LogP contribution in [-0.4, -0.2) is 26.6 Å². The van der Waals surface area contributed by atoms with E-state index in [-0.39, 0.29) is 28.2 Å². The van der Waals surface area contributed by atoms with Crippen molar-refractivity contribution in [3.63, 3.8) is 0 Å². The summed E-state index contributed by atoms with van der Waals surface area (Å²) < 4.78 is 44.2. The van der Waals surface area contributed by atoms with Crippen LogP contribution in [0.15, 0.2) is 81.1 Å². The number of sulfone groups is 1. The molecule has 0 unspecified atom stereocenters. The molecule has 0 atom stereocenters. The molecule has 34 heavy (non-hydrogen) atoms. The first-order valence-electron chi connectivity index (χ1n) is 10.3. The van der Waals surface area contributed by atoms with Crippen molar-refractivity contribution < 1.29 is 22.3 Å². The molecule has 174 valence electrons. The van der Waals surface area contributed by atoms with Gasteiger partial charge >= 0.3 is 0 Å². The summed E-state index contributed by atoms with van der Waals surface area (Å²) in [5, 5.41) is 3.87. The zero-order valence-electron chi connectivity index (χ0n) is 17.6. The second kappa shape index (κ2) is 9.21. The van der Waals surface area contributed by atoms with Crippen molar-refractivity contribution in [1.82, 2.24) is 4.98 Å². The molecule has 0 radical (unpaired) electrons. The normalized spacial score (nSPS) is 13.0. The van der Waals surface area contributed by atoms with Gasteiger partial charge in [0.25, 0.3) is 0 Å². The molecular formula is C24H18Cl2N2O5S. The average molecular weight is 517 g/mol. The zero-order chi connectivity index (χ0) is 23.7. The van der Waals surface area contributed by atoms with Crippen molar-refractivity contribution in [3.05, 3.63) is 82.3 Å². The molecule has 10 heteroatoms. The summed E-state index contributed by atoms with van der Waals surface area (Å²) in [6.45, 7) is 0.980. The van der Waals surface area contributed by atoms with Gasteiger partial charge in [0.1, 0.15) is 13.2 Å². The number of ether oxygens (including phenoxy) is 2. The lowest BCUT2D eigenvalue weighted by Crippen LogP contribution is -2.16. The molecule has 0 saturated heterocycles. The van der Waals surface area contributed by atoms with Crippen LogP contribution in [0.1, 0.15) is 5.56 Å². The van der Waals surface area contributed by atoms with Gasteiger partial charge in [-0.3, -0.25) is 0 Å². The number of fused-ring (bicyclic) bond motifs is 1. The number of oxazole rings is 1. The van der Waals surface area contributed by atoms with Crippen molar-refractivity contribution >= 4 is 38.9 Å². The minimum atomic E-state index is -4.07. The molecule has 0 saturated carbocycles. The van der Waals surface area contributed by atoms with Crippen LogP contribution < -0.4 is 14.8 Å². The van der Waals surface area contributed by atoms with Gasteiger partial charge in [0, 0.05) is 28.2 Å². The van der Waals surface area contributed by atoms with Gasteiger partial charge in [0.05, 0.1) is 4.90 Å². The Morgan fingerprint density at radius 2 is 1.65 bits per heavy atom. The number of halogens is 2. The average Bonchev–Trinajstić information content (AvgIpc) is 3.29. The first kappa shape index (κ1) is 22.6. The molecular weight excluding hydrogens is 499 g/mol. The topological polar surface area (TPSA) is 90.7 Å². The zero-order valence-corrected chi connectivity index (χ0v) is 20.0. The highest BCUT2D eigenvalue weighted by Crippen LogP contribution is 2.37. The number of benzene rings is 3. The number of hydrogen-bond donors (Lipinski definition) is 1. The van der Waals surface area contributed by atoms with Crippen molar-refractivity contribution in [2.45, 2.75) is 16.5 Å². The molecule has 0 fully saturated rings. The monoisotopic (exact) mass is 516 g/mol. The fraction of sp³-hybridized carbons (Fsp3) is 0.125. The molecule has 0 spiro atoms. The standard InChI is InChI=1S/C24H18Cl2N2O5S/c25-17-7-5-15(6-8-17)22-28-24(23(33-22)27-14-16-3-1-2-4-19(16)26)34(29,30)18-9-10-20-21(13-18)32-12-11-31-20/h1-10,13,27H,11-12,14H2. The van der Waals surface area contributed by atoms with Crippen LogP contribution in [0.3, 0.4) is 0 Å². The lowest BCUT2D eigenvalue weighted by Gasteiger charge is -2.18. The molecule has 0 amide bonds. The molecule has 3 aromatic carbocycles. The molecule has 1 N–H and O–H groups in total. The van der Waals surface area contributed by atoms with Crippen LogP contribution in [0, 0.1) is 0 Å². The molecule has 1 aliphatic heterocycles. The van der Waals surface area contributed by atoms with E-state index in [1.807, 2.05) is 18.2 Å². The summed E-state index contributed by atoms with van der Waals surface area (Å²) in [6.07, 6.45) is 0. The minimum Gasteiger partial charge on any atom is -0.486 e. The molecule has 0 bridgehead atoms. The van der Waals surface area contributed by atoms with Crippen molar-refractivity contribution in [1.29, 1.82) is 0 Å². The van der Waals surface area contributed by atoms with E-state index in [0.29, 0.717) is 40.3 Å². The van der Waals surface area contributed by atoms with Crippen LogP contribution in [0.4, 0.5) is 5.88 Å². The molecule has 4 aromatic rings. The largest absolute Gasteiger partial charge is 0.486 e. The summed E-state index contributed by atoms with van der Waals surface area (Å²) in [6, 6.07) is 18.4. The predicted octanol–water partition coefficient (Wildman–Crippen LogP) is 5.86. The Morgan fingerprint density at radius 1 is 0.912 bits per heavy atom. The van der Waals surface area contributed by atoms with E-state index in [2.05, 4.69) is 10.3 Å². The number of hydrogen-bond acceptors (Lipinski definition) is 7. The lowest BCUT2D eigenvalue weighted by molar-refractivity contribution is 0.171. The van der Waals surface area contributed by atoms with Crippen LogP contribution in [0.2, 0.25) is 10.0 Å². The summed E-state index contributed by atoms with van der Waals surface area (Å²) in [5.41, 5.74) is 1.35. The Hall–Kier alpha value is -3.20. The van der Waals surface area contributed by atoms with E-state index in [0.717, 1.165) is 5.56 Å². The van der Waals surface area contributed by atoms with Gasteiger partial charge in [0.2, 0.25) is 26.6 Å². The molecule has 7 nitrogen and oxygen atoms in total. The Kier molecular flexibility index (Phi) is 6.12. The highest BCUT2D eigenvalue weighted by Gasteiger charge is 2.30. The number of nitrogens with zero attached hydrogens (tertiary/aromatic N) is 1. The molecule has 0 aliphatic carbocycles. The summed E-state index contributed by atoms with van der Waals surface area (Å²) >= 11 is 12.2. The van der Waals surface area contributed by atoms with Gasteiger partial charge < -0.3 is 19.2 Å². The Labute approximate surface area is 206 Å². The third kappa shape index (κ3) is 4.44. The maximum absolute atomic E-state index is 13.6. The summed E-state index contributed by atoms with van der Waals surface area (Å²) in [7, 11) is -4.07. The van der Waals surface area contributed by atoms with Crippen LogP contribution >= 0.6 is 23.2 Å². The second-order valence-corrected chi connectivity index (χ2v) is 10.1. The predicted molar refractivity (Wildman–Crippen MR) is 129 cm³/mol. The lowest BCUT2D eigenvalue weighted by atomic mass is 10.2. The number of anilines is 1. The van der Waals surface area contributed by atoms with Gasteiger partial charge in [-0.05, 0) is 48.0 Å². The number of rotatable bonds is 6. The van der Waals surface area contributed by atoms with E-state index in [1.54, 1.807) is 36.4 Å². The first-order chi connectivity index (χ1) is 16.4. The molecule has 1 aromatic heterocycles. The third-order valence-corrected chi connectivity index (χ3v) is 7.44. The van der Waals surface area contributed by atoms with E-state index in [1.165, 1.54) is 12.1 Å².